The van der Waals surface area contributed by atoms with Crippen molar-refractivity contribution in [3.63, 3.8) is 0 Å². The first-order valence-corrected chi connectivity index (χ1v) is 7.15. The molecule has 3 aliphatic rings. The second kappa shape index (κ2) is 4.95. The Balaban J connectivity index is 2.07. The van der Waals surface area contributed by atoms with Crippen LogP contribution in [0.15, 0.2) is 30.3 Å². The Morgan fingerprint density at radius 1 is 1.25 bits per heavy atom. The number of benzene rings is 1. The normalized spacial score (nSPS) is 36.3. The summed E-state index contributed by atoms with van der Waals surface area (Å²) in [5, 5.41) is 9.88. The fourth-order valence-corrected chi connectivity index (χ4v) is 3.92. The number of ketones is 1. The fourth-order valence-electron chi connectivity index (χ4n) is 3.92. The molecule has 3 saturated heterocycles. The van der Waals surface area contributed by atoms with Gasteiger partial charge in [-0.15, -0.1) is 0 Å². The van der Waals surface area contributed by atoms with Gasteiger partial charge in [0, 0.05) is 20.2 Å². The molecule has 1 aromatic carbocycles. The van der Waals surface area contributed by atoms with Gasteiger partial charge in [-0.3, -0.25) is 9.69 Å². The van der Waals surface area contributed by atoms with E-state index in [4.69, 9.17) is 4.74 Å². The van der Waals surface area contributed by atoms with E-state index < -0.39 is 11.0 Å². The number of hydrogen-bond donors (Lipinski definition) is 1. The number of carbonyl (C=O) groups excluding carboxylic acids is 1. The number of aliphatic hydroxyl groups excluding tert-OH is 1. The third-order valence-electron chi connectivity index (χ3n) is 5.05. The molecule has 3 heterocycles. The molecule has 1 unspecified atom stereocenters. The maximum atomic E-state index is 13.2. The zero-order chi connectivity index (χ0) is 14.2. The summed E-state index contributed by atoms with van der Waals surface area (Å²) in [6.07, 6.45) is 1.67. The van der Waals surface area contributed by atoms with E-state index in [-0.39, 0.29) is 19.0 Å². The highest BCUT2D eigenvalue weighted by atomic mass is 16.5. The molecule has 0 radical (unpaired) electrons. The van der Waals surface area contributed by atoms with E-state index in [1.54, 1.807) is 7.11 Å². The number of piperidine rings is 3. The fraction of sp³-hybridized carbons (Fsp3) is 0.562. The Kier molecular flexibility index (Phi) is 3.40. The standard InChI is InChI=1S/C16H21NO3/c1-20-12-16(11-18)14(19)15(7-9-17(16)10-8-15)13-5-3-2-4-6-13/h2-6,18H,7-12H2,1H3. The highest BCUT2D eigenvalue weighted by Gasteiger charge is 2.60. The zero-order valence-electron chi connectivity index (χ0n) is 11.8. The Hall–Kier alpha value is -1.23. The number of aliphatic hydroxyl groups is 1. The van der Waals surface area contributed by atoms with Crippen LogP contribution >= 0.6 is 0 Å². The average molecular weight is 275 g/mol. The molecule has 0 aliphatic carbocycles. The van der Waals surface area contributed by atoms with E-state index in [2.05, 4.69) is 4.90 Å². The van der Waals surface area contributed by atoms with E-state index in [0.717, 1.165) is 31.5 Å². The molecule has 3 fully saturated rings. The van der Waals surface area contributed by atoms with E-state index >= 15 is 0 Å². The molecule has 3 aliphatic heterocycles. The van der Waals surface area contributed by atoms with Gasteiger partial charge in [0.2, 0.25) is 0 Å². The minimum atomic E-state index is -0.860. The summed E-state index contributed by atoms with van der Waals surface area (Å²) < 4.78 is 5.26. The molecule has 4 rings (SSSR count). The van der Waals surface area contributed by atoms with Crippen LogP contribution in [0.4, 0.5) is 0 Å². The molecule has 4 heteroatoms. The van der Waals surface area contributed by atoms with Crippen molar-refractivity contribution in [3.05, 3.63) is 35.9 Å². The van der Waals surface area contributed by atoms with Crippen molar-refractivity contribution in [2.75, 3.05) is 33.4 Å². The van der Waals surface area contributed by atoms with Gasteiger partial charge >= 0.3 is 0 Å². The van der Waals surface area contributed by atoms with Crippen LogP contribution in [0.3, 0.4) is 0 Å². The molecular formula is C16H21NO3. The number of carbonyl (C=O) groups is 1. The molecule has 1 atom stereocenters. The van der Waals surface area contributed by atoms with Crippen molar-refractivity contribution < 1.29 is 14.6 Å². The third kappa shape index (κ3) is 1.68. The van der Waals surface area contributed by atoms with Crippen LogP contribution in [0.1, 0.15) is 18.4 Å². The highest BCUT2D eigenvalue weighted by Crippen LogP contribution is 2.47. The van der Waals surface area contributed by atoms with Gasteiger partial charge in [0.1, 0.15) is 5.54 Å². The molecule has 4 nitrogen and oxygen atoms in total. The molecule has 1 N–H and O–H groups in total. The quantitative estimate of drug-likeness (QED) is 0.890. The van der Waals surface area contributed by atoms with Gasteiger partial charge in [-0.2, -0.15) is 0 Å². The summed E-state index contributed by atoms with van der Waals surface area (Å²) >= 11 is 0. The summed E-state index contributed by atoms with van der Waals surface area (Å²) in [6.45, 7) is 1.76. The second-order valence-electron chi connectivity index (χ2n) is 5.89. The lowest BCUT2D eigenvalue weighted by Gasteiger charge is -2.57. The molecule has 0 saturated carbocycles. The van der Waals surface area contributed by atoms with Crippen molar-refractivity contribution in [1.82, 2.24) is 4.90 Å². The molecule has 1 aromatic rings. The van der Waals surface area contributed by atoms with Crippen molar-refractivity contribution in [1.29, 1.82) is 0 Å². The van der Waals surface area contributed by atoms with E-state index in [9.17, 15) is 9.90 Å². The summed E-state index contributed by atoms with van der Waals surface area (Å²) in [6, 6.07) is 10.0. The van der Waals surface area contributed by atoms with Crippen LogP contribution in [0.2, 0.25) is 0 Å². The van der Waals surface area contributed by atoms with Crippen LogP contribution in [-0.2, 0) is 14.9 Å². The summed E-state index contributed by atoms with van der Waals surface area (Å²) in [5.74, 6) is 0.123. The number of fused-ring (bicyclic) bond motifs is 3. The molecular weight excluding hydrogens is 254 g/mol. The monoisotopic (exact) mass is 275 g/mol. The second-order valence-corrected chi connectivity index (χ2v) is 5.89. The van der Waals surface area contributed by atoms with Crippen LogP contribution in [0.25, 0.3) is 0 Å². The largest absolute Gasteiger partial charge is 0.394 e. The lowest BCUT2D eigenvalue weighted by atomic mass is 9.60. The lowest BCUT2D eigenvalue weighted by Crippen LogP contribution is -2.73. The molecule has 0 aromatic heterocycles. The Bertz CT molecular complexity index is 494. The van der Waals surface area contributed by atoms with Gasteiger partial charge in [-0.1, -0.05) is 30.3 Å². The number of rotatable bonds is 4. The first-order chi connectivity index (χ1) is 9.69. The number of methoxy groups -OCH3 is 1. The minimum absolute atomic E-state index is 0.123. The lowest BCUT2D eigenvalue weighted by molar-refractivity contribution is -0.162. The minimum Gasteiger partial charge on any atom is -0.394 e. The number of Topliss-reactive ketones (excluding diaryl/α,β-unsaturated/α-hetero) is 1. The molecule has 0 amide bonds. The van der Waals surface area contributed by atoms with Gasteiger partial charge < -0.3 is 9.84 Å². The maximum absolute atomic E-state index is 13.2. The number of nitrogens with zero attached hydrogens (tertiary/aromatic N) is 1. The van der Waals surface area contributed by atoms with Crippen molar-refractivity contribution in [3.8, 4) is 0 Å². The van der Waals surface area contributed by atoms with E-state index in [0.29, 0.717) is 0 Å². The summed E-state index contributed by atoms with van der Waals surface area (Å²) in [7, 11) is 1.59. The number of ether oxygens (including phenoxy) is 1. The van der Waals surface area contributed by atoms with Crippen LogP contribution in [0, 0.1) is 0 Å². The Morgan fingerprint density at radius 3 is 2.45 bits per heavy atom. The topological polar surface area (TPSA) is 49.8 Å². The highest BCUT2D eigenvalue weighted by molar-refractivity contribution is 5.99. The van der Waals surface area contributed by atoms with Crippen molar-refractivity contribution in [2.24, 2.45) is 0 Å². The molecule has 108 valence electrons. The van der Waals surface area contributed by atoms with Crippen molar-refractivity contribution >= 4 is 5.78 Å². The van der Waals surface area contributed by atoms with Crippen LogP contribution in [0.5, 0.6) is 0 Å². The van der Waals surface area contributed by atoms with E-state index in [1.807, 2.05) is 30.3 Å². The van der Waals surface area contributed by atoms with E-state index in [1.165, 1.54) is 0 Å². The maximum Gasteiger partial charge on any atom is 0.168 e. The van der Waals surface area contributed by atoms with Gasteiger partial charge in [-0.25, -0.2) is 0 Å². The van der Waals surface area contributed by atoms with Gasteiger partial charge in [0.05, 0.1) is 18.6 Å². The summed E-state index contributed by atoms with van der Waals surface area (Å²) in [4.78, 5) is 15.3. The molecule has 0 spiro atoms. The summed E-state index contributed by atoms with van der Waals surface area (Å²) in [5.41, 5.74) is -0.225. The SMILES string of the molecule is COCC1(CO)C(=O)C2(c3ccccc3)CCN1CC2. The third-order valence-corrected chi connectivity index (χ3v) is 5.05. The van der Waals surface area contributed by atoms with Crippen LogP contribution in [-0.4, -0.2) is 54.7 Å². The Morgan fingerprint density at radius 2 is 1.90 bits per heavy atom. The van der Waals surface area contributed by atoms with Gasteiger partial charge in [0.25, 0.3) is 0 Å². The first kappa shape index (κ1) is 13.7. The Labute approximate surface area is 119 Å². The zero-order valence-corrected chi connectivity index (χ0v) is 11.8. The first-order valence-electron chi connectivity index (χ1n) is 7.15. The average Bonchev–Trinajstić information content (AvgIpc) is 2.52. The predicted octanol–water partition coefficient (Wildman–Crippen LogP) is 0.980. The predicted molar refractivity (Wildman–Crippen MR) is 75.6 cm³/mol. The van der Waals surface area contributed by atoms with Crippen LogP contribution < -0.4 is 0 Å². The number of hydrogen-bond acceptors (Lipinski definition) is 4. The smallest absolute Gasteiger partial charge is 0.168 e. The van der Waals surface area contributed by atoms with Gasteiger partial charge in [-0.05, 0) is 18.4 Å². The van der Waals surface area contributed by atoms with Gasteiger partial charge in [0.15, 0.2) is 5.78 Å². The molecule has 20 heavy (non-hydrogen) atoms. The molecule has 2 bridgehead atoms. The van der Waals surface area contributed by atoms with Crippen molar-refractivity contribution in [2.45, 2.75) is 23.8 Å².